The fourth-order valence-electron chi connectivity index (χ4n) is 1.91. The zero-order chi connectivity index (χ0) is 17.8. The van der Waals surface area contributed by atoms with Crippen molar-refractivity contribution in [2.24, 2.45) is 5.92 Å². The Morgan fingerprint density at radius 3 is 2.30 bits per heavy atom. The van der Waals surface area contributed by atoms with E-state index >= 15 is 0 Å². The minimum absolute atomic E-state index is 0.222. The van der Waals surface area contributed by atoms with E-state index in [1.807, 2.05) is 13.8 Å². The molecule has 126 valence electrons. The van der Waals surface area contributed by atoms with Crippen molar-refractivity contribution in [3.63, 3.8) is 0 Å². The molecule has 0 unspecified atom stereocenters. The van der Waals surface area contributed by atoms with Crippen LogP contribution in [-0.4, -0.2) is 24.0 Å². The largest absolute Gasteiger partial charge is 0.507 e. The SMILES string of the molecule is CC.CC(C)C(=O)Nc1cccc2cc(S(=O)(=O)O)cc(O)c12. The molecule has 0 aliphatic rings. The molecule has 6 nitrogen and oxygen atoms in total. The number of rotatable bonds is 3. The summed E-state index contributed by atoms with van der Waals surface area (Å²) in [4.78, 5) is 11.4. The van der Waals surface area contributed by atoms with Crippen molar-refractivity contribution < 1.29 is 22.9 Å². The van der Waals surface area contributed by atoms with Gasteiger partial charge in [0.2, 0.25) is 5.91 Å². The number of phenols is 1. The van der Waals surface area contributed by atoms with E-state index in [0.29, 0.717) is 16.5 Å². The zero-order valence-corrected chi connectivity index (χ0v) is 14.3. The average Bonchev–Trinajstić information content (AvgIpc) is 2.48. The van der Waals surface area contributed by atoms with Gasteiger partial charge in [-0.3, -0.25) is 9.35 Å². The highest BCUT2D eigenvalue weighted by molar-refractivity contribution is 7.85. The first-order valence-corrected chi connectivity index (χ1v) is 8.68. The molecule has 2 aromatic carbocycles. The van der Waals surface area contributed by atoms with E-state index in [2.05, 4.69) is 5.32 Å². The second kappa shape index (κ2) is 7.43. The Hall–Kier alpha value is -2.12. The lowest BCUT2D eigenvalue weighted by Gasteiger charge is -2.12. The van der Waals surface area contributed by atoms with Crippen molar-refractivity contribution in [1.82, 2.24) is 0 Å². The predicted molar refractivity (Wildman–Crippen MR) is 90.2 cm³/mol. The lowest BCUT2D eigenvalue weighted by Crippen LogP contribution is -2.17. The van der Waals surface area contributed by atoms with Gasteiger partial charge in [-0.1, -0.05) is 39.8 Å². The van der Waals surface area contributed by atoms with Gasteiger partial charge in [0, 0.05) is 17.4 Å². The molecule has 0 saturated carbocycles. The summed E-state index contributed by atoms with van der Waals surface area (Å²) in [7, 11) is -4.41. The first-order valence-electron chi connectivity index (χ1n) is 7.24. The van der Waals surface area contributed by atoms with Crippen LogP contribution in [0.1, 0.15) is 27.7 Å². The van der Waals surface area contributed by atoms with E-state index in [0.717, 1.165) is 6.07 Å². The average molecular weight is 339 g/mol. The van der Waals surface area contributed by atoms with Gasteiger partial charge < -0.3 is 10.4 Å². The number of benzene rings is 2. The minimum atomic E-state index is -4.41. The number of amides is 1. The summed E-state index contributed by atoms with van der Waals surface area (Å²) >= 11 is 0. The maximum atomic E-state index is 11.8. The Labute approximate surface area is 135 Å². The van der Waals surface area contributed by atoms with E-state index in [4.69, 9.17) is 4.55 Å². The van der Waals surface area contributed by atoms with Crippen molar-refractivity contribution in [3.8, 4) is 5.75 Å². The topological polar surface area (TPSA) is 104 Å². The van der Waals surface area contributed by atoms with Crippen LogP contribution in [0, 0.1) is 5.92 Å². The molecule has 1 amide bonds. The molecular weight excluding hydrogens is 318 g/mol. The van der Waals surface area contributed by atoms with E-state index in [1.165, 1.54) is 6.07 Å². The maximum Gasteiger partial charge on any atom is 0.294 e. The van der Waals surface area contributed by atoms with Crippen LogP contribution in [0.5, 0.6) is 5.75 Å². The number of hydrogen-bond acceptors (Lipinski definition) is 4. The third kappa shape index (κ3) is 4.43. The number of nitrogens with one attached hydrogen (secondary N) is 1. The summed E-state index contributed by atoms with van der Waals surface area (Å²) in [5.74, 6) is -0.792. The molecule has 0 atom stereocenters. The summed E-state index contributed by atoms with van der Waals surface area (Å²) in [5, 5.41) is 13.4. The molecule has 3 N–H and O–H groups in total. The molecule has 23 heavy (non-hydrogen) atoms. The Morgan fingerprint density at radius 1 is 1.17 bits per heavy atom. The Bertz CT molecular complexity index is 813. The maximum absolute atomic E-state index is 11.8. The van der Waals surface area contributed by atoms with Crippen molar-refractivity contribution in [2.45, 2.75) is 32.6 Å². The lowest BCUT2D eigenvalue weighted by molar-refractivity contribution is -0.118. The van der Waals surface area contributed by atoms with Crippen LogP contribution in [-0.2, 0) is 14.9 Å². The Balaban J connectivity index is 0.00000127. The van der Waals surface area contributed by atoms with Crippen molar-refractivity contribution in [1.29, 1.82) is 0 Å². The molecular formula is C16H21NO5S. The minimum Gasteiger partial charge on any atom is -0.507 e. The number of carbonyl (C=O) groups is 1. The standard InChI is InChI=1S/C14H15NO5S.C2H6/c1-8(2)14(17)15-11-5-3-4-9-6-10(21(18,19)20)7-12(16)13(9)11;1-2/h3-8,16H,1-2H3,(H,15,17)(H,18,19,20);1-2H3. The van der Waals surface area contributed by atoms with Crippen LogP contribution in [0.25, 0.3) is 10.8 Å². The van der Waals surface area contributed by atoms with Crippen molar-refractivity contribution in [3.05, 3.63) is 30.3 Å². The van der Waals surface area contributed by atoms with Crippen LogP contribution in [0.2, 0.25) is 0 Å². The fraction of sp³-hybridized carbons (Fsp3) is 0.312. The second-order valence-corrected chi connectivity index (χ2v) is 6.39. The second-order valence-electron chi connectivity index (χ2n) is 4.97. The molecule has 2 rings (SSSR count). The van der Waals surface area contributed by atoms with Crippen LogP contribution < -0.4 is 5.32 Å². The van der Waals surface area contributed by atoms with Gasteiger partial charge in [0.05, 0.1) is 10.6 Å². The van der Waals surface area contributed by atoms with Gasteiger partial charge >= 0.3 is 0 Å². The number of carbonyl (C=O) groups excluding carboxylic acids is 1. The highest BCUT2D eigenvalue weighted by Crippen LogP contribution is 2.34. The highest BCUT2D eigenvalue weighted by Gasteiger charge is 2.16. The van der Waals surface area contributed by atoms with Gasteiger partial charge in [-0.15, -0.1) is 0 Å². The molecule has 0 fully saturated rings. The van der Waals surface area contributed by atoms with Crippen molar-refractivity contribution in [2.75, 3.05) is 5.32 Å². The number of anilines is 1. The predicted octanol–water partition coefficient (Wildman–Crippen LogP) is 3.41. The lowest BCUT2D eigenvalue weighted by atomic mass is 10.1. The van der Waals surface area contributed by atoms with Crippen LogP contribution in [0.15, 0.2) is 35.2 Å². The first kappa shape index (κ1) is 18.9. The zero-order valence-electron chi connectivity index (χ0n) is 13.5. The van der Waals surface area contributed by atoms with Crippen molar-refractivity contribution >= 4 is 32.5 Å². The number of aromatic hydroxyl groups is 1. The molecule has 7 heteroatoms. The molecule has 0 bridgehead atoms. The molecule has 0 radical (unpaired) electrons. The van der Waals surface area contributed by atoms with Gasteiger partial charge in [0.15, 0.2) is 0 Å². The first-order chi connectivity index (χ1) is 10.7. The summed E-state index contributed by atoms with van der Waals surface area (Å²) < 4.78 is 31.4. The molecule has 0 heterocycles. The summed E-state index contributed by atoms with van der Waals surface area (Å²) in [6.07, 6.45) is 0. The Morgan fingerprint density at radius 2 is 1.78 bits per heavy atom. The van der Waals surface area contributed by atoms with Gasteiger partial charge in [-0.05, 0) is 17.5 Å². The van der Waals surface area contributed by atoms with E-state index in [9.17, 15) is 18.3 Å². The molecule has 0 spiro atoms. The quantitative estimate of drug-likeness (QED) is 0.743. The Kier molecular flexibility index (Phi) is 6.12. The summed E-state index contributed by atoms with van der Waals surface area (Å²) in [6, 6.07) is 6.98. The van der Waals surface area contributed by atoms with E-state index in [1.54, 1.807) is 32.0 Å². The summed E-state index contributed by atoms with van der Waals surface area (Å²) in [6.45, 7) is 7.47. The van der Waals surface area contributed by atoms with Gasteiger partial charge in [-0.25, -0.2) is 0 Å². The van der Waals surface area contributed by atoms with Crippen LogP contribution in [0.4, 0.5) is 5.69 Å². The summed E-state index contributed by atoms with van der Waals surface area (Å²) in [5.41, 5.74) is 0.380. The third-order valence-electron chi connectivity index (χ3n) is 3.01. The molecule has 0 aliphatic heterocycles. The number of hydrogen-bond donors (Lipinski definition) is 3. The monoisotopic (exact) mass is 339 g/mol. The smallest absolute Gasteiger partial charge is 0.294 e. The number of phenolic OH excluding ortho intramolecular Hbond substituents is 1. The van der Waals surface area contributed by atoms with Gasteiger partial charge in [-0.2, -0.15) is 8.42 Å². The molecule has 0 aliphatic carbocycles. The molecule has 2 aromatic rings. The third-order valence-corrected chi connectivity index (χ3v) is 3.84. The van der Waals surface area contributed by atoms with Gasteiger partial charge in [0.1, 0.15) is 5.75 Å². The molecule has 0 aromatic heterocycles. The van der Waals surface area contributed by atoms with Crippen LogP contribution >= 0.6 is 0 Å². The fourth-order valence-corrected chi connectivity index (χ4v) is 2.44. The van der Waals surface area contributed by atoms with Crippen LogP contribution in [0.3, 0.4) is 0 Å². The van der Waals surface area contributed by atoms with E-state index in [-0.39, 0.29) is 17.6 Å². The normalized spacial score (nSPS) is 11.0. The van der Waals surface area contributed by atoms with Gasteiger partial charge in [0.25, 0.3) is 10.1 Å². The highest BCUT2D eigenvalue weighted by atomic mass is 32.2. The molecule has 0 saturated heterocycles. The van der Waals surface area contributed by atoms with E-state index < -0.39 is 15.0 Å². The number of fused-ring (bicyclic) bond motifs is 1.